The van der Waals surface area contributed by atoms with Crippen molar-refractivity contribution >= 4 is 17.5 Å². The van der Waals surface area contributed by atoms with Crippen molar-refractivity contribution in [2.24, 2.45) is 0 Å². The number of nitrogens with one attached hydrogen (secondary N) is 1. The number of rotatable bonds is 3. The molecule has 0 spiro atoms. The average molecular weight is 432 g/mol. The highest BCUT2D eigenvalue weighted by atomic mass is 16.5. The molecule has 2 N–H and O–H groups in total. The van der Waals surface area contributed by atoms with Crippen LogP contribution in [0.1, 0.15) is 15.9 Å². The number of hydrogen-bond donors (Lipinski definition) is 2. The number of benzene rings is 2. The van der Waals surface area contributed by atoms with Gasteiger partial charge in [-0.15, -0.1) is 0 Å². The SMILES string of the molecule is N#CC1Cc2cc(-c3ccc(C(=O)N4CCN(C(=O)C5(O)COC5)CC4)cc3)ccc2N1. The van der Waals surface area contributed by atoms with Gasteiger partial charge in [0.1, 0.15) is 6.04 Å². The monoisotopic (exact) mass is 432 g/mol. The van der Waals surface area contributed by atoms with Crippen LogP contribution in [-0.4, -0.2) is 77.8 Å². The summed E-state index contributed by atoms with van der Waals surface area (Å²) < 4.78 is 4.96. The van der Waals surface area contributed by atoms with Crippen molar-refractivity contribution in [3.63, 3.8) is 0 Å². The second kappa shape index (κ2) is 7.93. The summed E-state index contributed by atoms with van der Waals surface area (Å²) in [5.74, 6) is -0.379. The van der Waals surface area contributed by atoms with Gasteiger partial charge >= 0.3 is 0 Å². The van der Waals surface area contributed by atoms with Crippen LogP contribution in [0.15, 0.2) is 42.5 Å². The zero-order valence-corrected chi connectivity index (χ0v) is 17.6. The maximum absolute atomic E-state index is 12.9. The molecule has 2 aromatic rings. The summed E-state index contributed by atoms with van der Waals surface area (Å²) in [6.45, 7) is 1.74. The Hall–Kier alpha value is -3.41. The fourth-order valence-corrected chi connectivity index (χ4v) is 4.43. The number of aliphatic hydroxyl groups is 1. The van der Waals surface area contributed by atoms with E-state index in [1.807, 2.05) is 36.4 Å². The Kier molecular flexibility index (Phi) is 5.08. The van der Waals surface area contributed by atoms with Crippen LogP contribution < -0.4 is 5.32 Å². The van der Waals surface area contributed by atoms with Crippen LogP contribution in [0, 0.1) is 11.3 Å². The quantitative estimate of drug-likeness (QED) is 0.757. The molecule has 0 bridgehead atoms. The number of nitrogens with zero attached hydrogens (tertiary/aromatic N) is 3. The Labute approximate surface area is 186 Å². The topological polar surface area (TPSA) is 106 Å². The highest BCUT2D eigenvalue weighted by molar-refractivity contribution is 5.95. The largest absolute Gasteiger partial charge is 0.376 e. The minimum atomic E-state index is -1.40. The van der Waals surface area contributed by atoms with Crippen molar-refractivity contribution in [1.29, 1.82) is 5.26 Å². The van der Waals surface area contributed by atoms with Gasteiger partial charge in [-0.25, -0.2) is 0 Å². The van der Waals surface area contributed by atoms with Crippen molar-refractivity contribution in [3.05, 3.63) is 53.6 Å². The molecular weight excluding hydrogens is 408 g/mol. The number of fused-ring (bicyclic) bond motifs is 1. The fourth-order valence-electron chi connectivity index (χ4n) is 4.43. The summed E-state index contributed by atoms with van der Waals surface area (Å²) in [5.41, 5.74) is 3.39. The van der Waals surface area contributed by atoms with Crippen molar-refractivity contribution in [3.8, 4) is 17.2 Å². The normalized spacial score (nSPS) is 21.2. The Morgan fingerprint density at radius 1 is 1.03 bits per heavy atom. The lowest BCUT2D eigenvalue weighted by atomic mass is 9.99. The van der Waals surface area contributed by atoms with Crippen molar-refractivity contribution in [2.45, 2.75) is 18.1 Å². The van der Waals surface area contributed by atoms with Gasteiger partial charge in [-0.3, -0.25) is 9.59 Å². The third kappa shape index (κ3) is 3.60. The lowest BCUT2D eigenvalue weighted by Gasteiger charge is -2.42. The minimum Gasteiger partial charge on any atom is -0.376 e. The first-order valence-electron chi connectivity index (χ1n) is 10.8. The van der Waals surface area contributed by atoms with E-state index in [1.165, 1.54) is 0 Å². The maximum atomic E-state index is 12.9. The number of piperazine rings is 1. The van der Waals surface area contributed by atoms with E-state index in [-0.39, 0.29) is 31.1 Å². The summed E-state index contributed by atoms with van der Waals surface area (Å²) in [5, 5.41) is 22.5. The van der Waals surface area contributed by atoms with E-state index in [4.69, 9.17) is 10.00 Å². The molecule has 8 heteroatoms. The van der Waals surface area contributed by atoms with E-state index in [2.05, 4.69) is 17.5 Å². The lowest BCUT2D eigenvalue weighted by molar-refractivity contribution is -0.201. The smallest absolute Gasteiger partial charge is 0.259 e. The predicted octanol–water partition coefficient (Wildman–Crippen LogP) is 1.26. The molecule has 3 aliphatic rings. The molecule has 2 saturated heterocycles. The third-order valence-electron chi connectivity index (χ3n) is 6.41. The molecule has 0 aliphatic carbocycles. The molecular formula is C24H24N4O4. The molecule has 2 aromatic carbocycles. The summed E-state index contributed by atoms with van der Waals surface area (Å²) in [6.07, 6.45) is 0.690. The molecule has 1 unspecified atom stereocenters. The standard InChI is InChI=1S/C24H24N4O4/c25-13-20-12-19-11-18(5-6-21(19)26-20)16-1-3-17(4-2-16)22(29)27-7-9-28(10-8-27)23(30)24(31)14-32-15-24/h1-6,11,20,26,31H,7-10,12,14-15H2. The van der Waals surface area contributed by atoms with E-state index in [0.717, 1.165) is 22.4 Å². The number of carbonyl (C=O) groups is 2. The van der Waals surface area contributed by atoms with Gasteiger partial charge in [0, 0.05) is 43.9 Å². The third-order valence-corrected chi connectivity index (χ3v) is 6.41. The van der Waals surface area contributed by atoms with Crippen LogP contribution >= 0.6 is 0 Å². The highest BCUT2D eigenvalue weighted by Gasteiger charge is 2.46. The molecule has 0 saturated carbocycles. The summed E-state index contributed by atoms with van der Waals surface area (Å²) in [6, 6.07) is 15.7. The zero-order valence-electron chi connectivity index (χ0n) is 17.6. The number of carbonyl (C=O) groups excluding carboxylic acids is 2. The fraction of sp³-hybridized carbons (Fsp3) is 0.375. The second-order valence-electron chi connectivity index (χ2n) is 8.59. The molecule has 0 aromatic heterocycles. The van der Waals surface area contributed by atoms with Gasteiger partial charge in [0.2, 0.25) is 0 Å². The maximum Gasteiger partial charge on any atom is 0.259 e. The lowest BCUT2D eigenvalue weighted by Crippen LogP contribution is -2.64. The highest BCUT2D eigenvalue weighted by Crippen LogP contribution is 2.31. The van der Waals surface area contributed by atoms with Gasteiger partial charge in [0.05, 0.1) is 19.3 Å². The molecule has 3 heterocycles. The van der Waals surface area contributed by atoms with Crippen LogP contribution in [0.2, 0.25) is 0 Å². The zero-order chi connectivity index (χ0) is 22.3. The van der Waals surface area contributed by atoms with Crippen LogP contribution in [-0.2, 0) is 16.0 Å². The molecule has 5 rings (SSSR count). The molecule has 164 valence electrons. The molecule has 3 aliphatic heterocycles. The minimum absolute atomic E-state index is 0.0387. The van der Waals surface area contributed by atoms with E-state index in [1.54, 1.807) is 9.80 Å². The first-order chi connectivity index (χ1) is 15.5. The Balaban J connectivity index is 1.22. The van der Waals surface area contributed by atoms with Crippen molar-refractivity contribution in [2.75, 3.05) is 44.7 Å². The van der Waals surface area contributed by atoms with E-state index >= 15 is 0 Å². The van der Waals surface area contributed by atoms with Gasteiger partial charge < -0.3 is 25.0 Å². The number of ether oxygens (including phenoxy) is 1. The van der Waals surface area contributed by atoms with E-state index in [0.29, 0.717) is 38.2 Å². The van der Waals surface area contributed by atoms with Gasteiger partial charge in [-0.2, -0.15) is 5.26 Å². The van der Waals surface area contributed by atoms with Gasteiger partial charge in [0.25, 0.3) is 11.8 Å². The first-order valence-corrected chi connectivity index (χ1v) is 10.8. The Bertz CT molecular complexity index is 1100. The summed E-state index contributed by atoms with van der Waals surface area (Å²) >= 11 is 0. The molecule has 32 heavy (non-hydrogen) atoms. The number of nitriles is 1. The van der Waals surface area contributed by atoms with Crippen molar-refractivity contribution in [1.82, 2.24) is 9.80 Å². The molecule has 2 fully saturated rings. The van der Waals surface area contributed by atoms with Crippen LogP contribution in [0.4, 0.5) is 5.69 Å². The van der Waals surface area contributed by atoms with Crippen LogP contribution in [0.25, 0.3) is 11.1 Å². The number of anilines is 1. The van der Waals surface area contributed by atoms with Crippen LogP contribution in [0.3, 0.4) is 0 Å². The molecule has 1 atom stereocenters. The summed E-state index contributed by atoms with van der Waals surface area (Å²) in [4.78, 5) is 28.7. The molecule has 2 amide bonds. The van der Waals surface area contributed by atoms with Gasteiger partial charge in [-0.1, -0.05) is 18.2 Å². The average Bonchev–Trinajstić information content (AvgIpc) is 3.24. The predicted molar refractivity (Wildman–Crippen MR) is 117 cm³/mol. The van der Waals surface area contributed by atoms with E-state index in [9.17, 15) is 14.7 Å². The molecule has 8 nitrogen and oxygen atoms in total. The van der Waals surface area contributed by atoms with E-state index < -0.39 is 5.60 Å². The number of hydrogen-bond acceptors (Lipinski definition) is 6. The van der Waals surface area contributed by atoms with Crippen LogP contribution in [0.5, 0.6) is 0 Å². The van der Waals surface area contributed by atoms with Crippen molar-refractivity contribution < 1.29 is 19.4 Å². The summed E-state index contributed by atoms with van der Waals surface area (Å²) in [7, 11) is 0. The second-order valence-corrected chi connectivity index (χ2v) is 8.59. The van der Waals surface area contributed by atoms with Gasteiger partial charge in [0.15, 0.2) is 5.60 Å². The Morgan fingerprint density at radius 3 is 2.31 bits per heavy atom. The first kappa shape index (κ1) is 20.5. The molecule has 0 radical (unpaired) electrons. The number of amides is 2. The Morgan fingerprint density at radius 2 is 1.69 bits per heavy atom. The van der Waals surface area contributed by atoms with Gasteiger partial charge in [-0.05, 0) is 41.0 Å².